The van der Waals surface area contributed by atoms with Crippen LogP contribution in [0.1, 0.15) is 32.3 Å². The fraction of sp³-hybridized carbons (Fsp3) is 0.571. The van der Waals surface area contributed by atoms with Crippen LogP contribution >= 0.6 is 11.8 Å². The third kappa shape index (κ3) is 2.61. The lowest BCUT2D eigenvalue weighted by Gasteiger charge is -2.26. The van der Waals surface area contributed by atoms with Crippen LogP contribution < -0.4 is 5.73 Å². The molecule has 2 rings (SSSR count). The summed E-state index contributed by atoms with van der Waals surface area (Å²) in [4.78, 5) is 0. The van der Waals surface area contributed by atoms with Gasteiger partial charge in [-0.3, -0.25) is 0 Å². The predicted octanol–water partition coefficient (Wildman–Crippen LogP) is 3.44. The van der Waals surface area contributed by atoms with E-state index in [0.717, 1.165) is 5.75 Å². The molecule has 1 aliphatic rings. The highest BCUT2D eigenvalue weighted by Crippen LogP contribution is 2.42. The molecule has 0 aromatic heterocycles. The van der Waals surface area contributed by atoms with Crippen molar-refractivity contribution < 1.29 is 0 Å². The first-order chi connectivity index (χ1) is 7.59. The van der Waals surface area contributed by atoms with Crippen molar-refractivity contribution in [3.63, 3.8) is 0 Å². The summed E-state index contributed by atoms with van der Waals surface area (Å²) < 4.78 is 0. The maximum Gasteiger partial charge on any atom is 0.0211 e. The number of rotatable bonds is 3. The molecule has 1 nitrogen and oxygen atoms in total. The van der Waals surface area contributed by atoms with Gasteiger partial charge in [0.2, 0.25) is 0 Å². The Balaban J connectivity index is 1.88. The van der Waals surface area contributed by atoms with Gasteiger partial charge in [-0.05, 0) is 23.8 Å². The van der Waals surface area contributed by atoms with Crippen molar-refractivity contribution in [3.8, 4) is 0 Å². The van der Waals surface area contributed by atoms with Crippen LogP contribution in [0.25, 0.3) is 0 Å². The van der Waals surface area contributed by atoms with Crippen LogP contribution in [0.15, 0.2) is 30.3 Å². The Labute approximate surface area is 103 Å². The van der Waals surface area contributed by atoms with E-state index in [2.05, 4.69) is 44.2 Å². The minimum absolute atomic E-state index is 0.328. The highest BCUT2D eigenvalue weighted by Gasteiger charge is 2.39. The first-order valence-electron chi connectivity index (χ1n) is 6.01. The molecule has 0 radical (unpaired) electrons. The van der Waals surface area contributed by atoms with E-state index in [-0.39, 0.29) is 0 Å². The van der Waals surface area contributed by atoms with Crippen molar-refractivity contribution in [1.82, 2.24) is 0 Å². The number of hydrogen-bond acceptors (Lipinski definition) is 2. The summed E-state index contributed by atoms with van der Waals surface area (Å²) in [5.74, 6) is 1.09. The molecule has 1 saturated carbocycles. The predicted molar refractivity (Wildman–Crippen MR) is 72.5 cm³/mol. The molecule has 2 atom stereocenters. The molecule has 16 heavy (non-hydrogen) atoms. The van der Waals surface area contributed by atoms with Gasteiger partial charge in [0.15, 0.2) is 0 Å². The van der Waals surface area contributed by atoms with Crippen LogP contribution in [-0.4, -0.2) is 11.3 Å². The Morgan fingerprint density at radius 2 is 2.00 bits per heavy atom. The van der Waals surface area contributed by atoms with Gasteiger partial charge in [0.1, 0.15) is 0 Å². The van der Waals surface area contributed by atoms with Crippen molar-refractivity contribution in [2.75, 3.05) is 0 Å². The zero-order valence-corrected chi connectivity index (χ0v) is 11.0. The molecule has 0 heterocycles. The maximum atomic E-state index is 6.30. The summed E-state index contributed by atoms with van der Waals surface area (Å²) in [5, 5.41) is 0.634. The second-order valence-corrected chi connectivity index (χ2v) is 6.62. The van der Waals surface area contributed by atoms with E-state index >= 15 is 0 Å². The molecule has 2 N–H and O–H groups in total. The lowest BCUT2D eigenvalue weighted by molar-refractivity contribution is 0.334. The average Bonchev–Trinajstić information content (AvgIpc) is 2.54. The van der Waals surface area contributed by atoms with Crippen molar-refractivity contribution in [1.29, 1.82) is 0 Å². The van der Waals surface area contributed by atoms with Gasteiger partial charge in [0.05, 0.1) is 0 Å². The third-order valence-electron chi connectivity index (χ3n) is 3.68. The summed E-state index contributed by atoms with van der Waals surface area (Å²) in [7, 11) is 0. The average molecular weight is 235 g/mol. The van der Waals surface area contributed by atoms with Crippen LogP contribution in [0, 0.1) is 5.41 Å². The molecule has 0 aliphatic heterocycles. The van der Waals surface area contributed by atoms with E-state index < -0.39 is 0 Å². The van der Waals surface area contributed by atoms with Gasteiger partial charge in [-0.1, -0.05) is 44.2 Å². The molecule has 0 amide bonds. The summed E-state index contributed by atoms with van der Waals surface area (Å²) in [6.07, 6.45) is 2.53. The molecule has 1 aromatic carbocycles. The Morgan fingerprint density at radius 3 is 2.56 bits per heavy atom. The summed E-state index contributed by atoms with van der Waals surface area (Å²) >= 11 is 2.02. The van der Waals surface area contributed by atoms with E-state index in [1.165, 1.54) is 18.4 Å². The first kappa shape index (κ1) is 12.0. The van der Waals surface area contributed by atoms with Crippen molar-refractivity contribution >= 4 is 11.8 Å². The van der Waals surface area contributed by atoms with E-state index in [0.29, 0.717) is 16.7 Å². The van der Waals surface area contributed by atoms with Crippen molar-refractivity contribution in [3.05, 3.63) is 35.9 Å². The molecule has 88 valence electrons. The second-order valence-electron chi connectivity index (χ2n) is 5.39. The smallest absolute Gasteiger partial charge is 0.0211 e. The van der Waals surface area contributed by atoms with Gasteiger partial charge in [0, 0.05) is 17.0 Å². The Morgan fingerprint density at radius 1 is 1.31 bits per heavy atom. The largest absolute Gasteiger partial charge is 0.326 e. The van der Waals surface area contributed by atoms with Crippen LogP contribution in [0.3, 0.4) is 0 Å². The third-order valence-corrected chi connectivity index (χ3v) is 5.14. The Bertz CT molecular complexity index is 334. The molecule has 1 aliphatic carbocycles. The number of nitrogens with two attached hydrogens (primary N) is 1. The van der Waals surface area contributed by atoms with Gasteiger partial charge in [0.25, 0.3) is 0 Å². The zero-order valence-electron chi connectivity index (χ0n) is 10.1. The van der Waals surface area contributed by atoms with Gasteiger partial charge < -0.3 is 5.73 Å². The van der Waals surface area contributed by atoms with Crippen LogP contribution in [0.5, 0.6) is 0 Å². The van der Waals surface area contributed by atoms with E-state index in [1.807, 2.05) is 11.8 Å². The molecule has 1 fully saturated rings. The van der Waals surface area contributed by atoms with E-state index in [4.69, 9.17) is 5.73 Å². The van der Waals surface area contributed by atoms with Gasteiger partial charge >= 0.3 is 0 Å². The molecule has 0 saturated heterocycles. The molecule has 2 heteroatoms. The lowest BCUT2D eigenvalue weighted by Crippen LogP contribution is -2.38. The molecular weight excluding hydrogens is 214 g/mol. The molecule has 2 unspecified atom stereocenters. The second kappa shape index (κ2) is 4.80. The Hall–Kier alpha value is -0.470. The summed E-state index contributed by atoms with van der Waals surface area (Å²) in [6.45, 7) is 4.58. The molecule has 1 aromatic rings. The quantitative estimate of drug-likeness (QED) is 0.868. The number of hydrogen-bond donors (Lipinski definition) is 1. The SMILES string of the molecule is CC1(C)CCC(SCc2ccccc2)C1N. The van der Waals surface area contributed by atoms with Gasteiger partial charge in [-0.15, -0.1) is 0 Å². The number of benzene rings is 1. The maximum absolute atomic E-state index is 6.30. The fourth-order valence-electron chi connectivity index (χ4n) is 2.33. The van der Waals surface area contributed by atoms with Gasteiger partial charge in [-0.25, -0.2) is 0 Å². The standard InChI is InChI=1S/C14H21NS/c1-14(2)9-8-12(13(14)15)16-10-11-6-4-3-5-7-11/h3-7,12-13H,8-10,15H2,1-2H3. The summed E-state index contributed by atoms with van der Waals surface area (Å²) in [6, 6.07) is 11.0. The monoisotopic (exact) mass is 235 g/mol. The van der Waals surface area contributed by atoms with Crippen LogP contribution in [0.2, 0.25) is 0 Å². The van der Waals surface area contributed by atoms with Gasteiger partial charge in [-0.2, -0.15) is 11.8 Å². The normalized spacial score (nSPS) is 28.2. The minimum atomic E-state index is 0.328. The van der Waals surface area contributed by atoms with Crippen molar-refractivity contribution in [2.24, 2.45) is 11.1 Å². The minimum Gasteiger partial charge on any atom is -0.326 e. The van der Waals surface area contributed by atoms with E-state index in [1.54, 1.807) is 0 Å². The van der Waals surface area contributed by atoms with Crippen LogP contribution in [0.4, 0.5) is 0 Å². The first-order valence-corrected chi connectivity index (χ1v) is 7.05. The lowest BCUT2D eigenvalue weighted by atomic mass is 9.88. The fourth-order valence-corrected chi connectivity index (χ4v) is 3.79. The highest BCUT2D eigenvalue weighted by molar-refractivity contribution is 7.99. The molecule has 0 bridgehead atoms. The molecule has 0 spiro atoms. The summed E-state index contributed by atoms with van der Waals surface area (Å²) in [5.41, 5.74) is 8.03. The highest BCUT2D eigenvalue weighted by atomic mass is 32.2. The Kier molecular flexibility index (Phi) is 3.60. The molecular formula is C14H21NS. The van der Waals surface area contributed by atoms with E-state index in [9.17, 15) is 0 Å². The van der Waals surface area contributed by atoms with Crippen molar-refractivity contribution in [2.45, 2.75) is 43.7 Å². The topological polar surface area (TPSA) is 26.0 Å². The zero-order chi connectivity index (χ0) is 11.6. The number of thioether (sulfide) groups is 1. The van der Waals surface area contributed by atoms with Crippen LogP contribution in [-0.2, 0) is 5.75 Å².